The van der Waals surface area contributed by atoms with E-state index in [2.05, 4.69) is 20.7 Å². The van der Waals surface area contributed by atoms with Crippen molar-refractivity contribution in [1.29, 1.82) is 0 Å². The van der Waals surface area contributed by atoms with Gasteiger partial charge >= 0.3 is 0 Å². The summed E-state index contributed by atoms with van der Waals surface area (Å²) in [6, 6.07) is 5.87. The fraction of sp³-hybridized carbons (Fsp3) is 0.111. The molecule has 1 heterocycles. The van der Waals surface area contributed by atoms with Crippen LogP contribution in [0.2, 0.25) is 0 Å². The number of H-pyrrole nitrogens is 1. The number of rotatable bonds is 3. The molecule has 0 spiro atoms. The van der Waals surface area contributed by atoms with Crippen molar-refractivity contribution in [2.24, 2.45) is 0 Å². The van der Waals surface area contributed by atoms with E-state index in [1.54, 1.807) is 12.1 Å². The summed E-state index contributed by atoms with van der Waals surface area (Å²) in [6.07, 6.45) is 1.28. The molecule has 0 radical (unpaired) electrons. The van der Waals surface area contributed by atoms with Crippen LogP contribution in [-0.2, 0) is 5.91 Å². The van der Waals surface area contributed by atoms with Gasteiger partial charge in [0.15, 0.2) is 5.82 Å². The highest BCUT2D eigenvalue weighted by molar-refractivity contribution is 5.41. The normalized spacial score (nSPS) is 11.4. The van der Waals surface area contributed by atoms with Crippen molar-refractivity contribution in [2.75, 3.05) is 5.32 Å². The summed E-state index contributed by atoms with van der Waals surface area (Å²) in [7, 11) is 0. The average molecular weight is 222 g/mol. The van der Waals surface area contributed by atoms with Gasteiger partial charge in [0.05, 0.1) is 11.8 Å². The van der Waals surface area contributed by atoms with Crippen LogP contribution >= 0.6 is 0 Å². The molecule has 0 saturated heterocycles. The lowest BCUT2D eigenvalue weighted by molar-refractivity contribution is -0.144. The predicted molar refractivity (Wildman–Crippen MR) is 54.2 cm³/mol. The maximum Gasteiger partial charge on any atom is 0.277 e. The van der Waals surface area contributed by atoms with Crippen LogP contribution in [0.5, 0.6) is 5.75 Å². The van der Waals surface area contributed by atoms with Crippen molar-refractivity contribution >= 4 is 5.82 Å². The van der Waals surface area contributed by atoms with Crippen molar-refractivity contribution in [2.45, 2.75) is 5.91 Å². The fourth-order valence-electron chi connectivity index (χ4n) is 1.28. The van der Waals surface area contributed by atoms with E-state index in [1.165, 1.54) is 18.3 Å². The molecular weight excluding hydrogens is 212 g/mol. The molecule has 0 bridgehead atoms. The largest absolute Gasteiger partial charge is 0.507 e. The minimum atomic E-state index is -2.41. The van der Waals surface area contributed by atoms with Gasteiger partial charge in [-0.2, -0.15) is 10.3 Å². The zero-order chi connectivity index (χ0) is 11.6. The standard InChI is InChI=1S/C9H10N4O3/c14-7-4-2-1-3-6(7)9(15,16)11-8-5-10-13-12-8/h1-5,14-16H,(H2,10,11,12,13). The molecule has 0 aliphatic carbocycles. The Morgan fingerprint density at radius 3 is 2.62 bits per heavy atom. The van der Waals surface area contributed by atoms with Crippen LogP contribution in [0, 0.1) is 0 Å². The summed E-state index contributed by atoms with van der Waals surface area (Å²) >= 11 is 0. The molecule has 7 nitrogen and oxygen atoms in total. The number of para-hydroxylation sites is 1. The number of nitrogens with one attached hydrogen (secondary N) is 2. The molecule has 5 N–H and O–H groups in total. The van der Waals surface area contributed by atoms with E-state index < -0.39 is 5.91 Å². The molecule has 7 heteroatoms. The van der Waals surface area contributed by atoms with Crippen LogP contribution in [0.15, 0.2) is 30.5 Å². The predicted octanol–water partition coefficient (Wildman–Crippen LogP) is -0.283. The van der Waals surface area contributed by atoms with Gasteiger partial charge in [-0.3, -0.25) is 0 Å². The quantitative estimate of drug-likeness (QED) is 0.456. The molecule has 2 rings (SSSR count). The van der Waals surface area contributed by atoms with Gasteiger partial charge < -0.3 is 20.6 Å². The number of phenols is 1. The minimum absolute atomic E-state index is 0.0713. The molecular formula is C9H10N4O3. The number of anilines is 1. The number of phenolic OH excluding ortho intramolecular Hbond substituents is 1. The van der Waals surface area contributed by atoms with Gasteiger partial charge in [-0.05, 0) is 12.1 Å². The smallest absolute Gasteiger partial charge is 0.277 e. The zero-order valence-electron chi connectivity index (χ0n) is 8.12. The van der Waals surface area contributed by atoms with E-state index in [1.807, 2.05) is 0 Å². The minimum Gasteiger partial charge on any atom is -0.507 e. The first kappa shape index (κ1) is 10.4. The topological polar surface area (TPSA) is 114 Å². The number of benzene rings is 1. The highest BCUT2D eigenvalue weighted by Gasteiger charge is 2.29. The second kappa shape index (κ2) is 3.80. The van der Waals surface area contributed by atoms with Gasteiger partial charge in [0.1, 0.15) is 5.75 Å². The second-order valence-electron chi connectivity index (χ2n) is 3.17. The van der Waals surface area contributed by atoms with E-state index >= 15 is 0 Å². The first-order valence-electron chi connectivity index (χ1n) is 4.47. The lowest BCUT2D eigenvalue weighted by atomic mass is 10.1. The SMILES string of the molecule is Oc1ccccc1C(O)(O)Nc1cn[nH]n1. The number of hydrogen-bond acceptors (Lipinski definition) is 6. The molecule has 84 valence electrons. The lowest BCUT2D eigenvalue weighted by Gasteiger charge is -2.23. The maximum absolute atomic E-state index is 9.74. The first-order valence-corrected chi connectivity index (χ1v) is 4.47. The lowest BCUT2D eigenvalue weighted by Crippen LogP contribution is -2.34. The Bertz CT molecular complexity index is 469. The van der Waals surface area contributed by atoms with Crippen LogP contribution in [0.1, 0.15) is 5.56 Å². The summed E-state index contributed by atoms with van der Waals surface area (Å²) in [5, 5.41) is 40.7. The molecule has 1 aromatic carbocycles. The molecule has 1 aromatic heterocycles. The van der Waals surface area contributed by atoms with Gasteiger partial charge in [0, 0.05) is 0 Å². The Morgan fingerprint density at radius 1 is 1.25 bits per heavy atom. The summed E-state index contributed by atoms with van der Waals surface area (Å²) in [4.78, 5) is 0. The van der Waals surface area contributed by atoms with Crippen molar-refractivity contribution < 1.29 is 15.3 Å². The maximum atomic E-state index is 9.74. The van der Waals surface area contributed by atoms with E-state index in [0.29, 0.717) is 0 Å². The summed E-state index contributed by atoms with van der Waals surface area (Å²) < 4.78 is 0. The van der Waals surface area contributed by atoms with Crippen LogP contribution in [0.4, 0.5) is 5.82 Å². The second-order valence-corrected chi connectivity index (χ2v) is 3.17. The van der Waals surface area contributed by atoms with Crippen LogP contribution in [0.25, 0.3) is 0 Å². The number of aromatic hydroxyl groups is 1. The number of aliphatic hydroxyl groups is 2. The van der Waals surface area contributed by atoms with Gasteiger partial charge in [-0.25, -0.2) is 0 Å². The van der Waals surface area contributed by atoms with E-state index in [4.69, 9.17) is 0 Å². The molecule has 0 unspecified atom stereocenters. The van der Waals surface area contributed by atoms with Gasteiger partial charge in [0.25, 0.3) is 5.91 Å². The molecule has 0 atom stereocenters. The van der Waals surface area contributed by atoms with Crippen molar-refractivity contribution in [1.82, 2.24) is 15.4 Å². The number of aromatic nitrogens is 3. The van der Waals surface area contributed by atoms with Crippen molar-refractivity contribution in [3.8, 4) is 5.75 Å². The Balaban J connectivity index is 2.28. The van der Waals surface area contributed by atoms with E-state index in [-0.39, 0.29) is 17.1 Å². The molecule has 0 saturated carbocycles. The summed E-state index contributed by atoms with van der Waals surface area (Å²) in [5.41, 5.74) is -0.0713. The summed E-state index contributed by atoms with van der Waals surface area (Å²) in [6.45, 7) is 0. The number of hydrogen-bond donors (Lipinski definition) is 5. The first-order chi connectivity index (χ1) is 7.59. The molecule has 2 aromatic rings. The molecule has 0 aliphatic heterocycles. The highest BCUT2D eigenvalue weighted by atomic mass is 16.5. The Hall–Kier alpha value is -2.12. The van der Waals surface area contributed by atoms with Gasteiger partial charge in [-0.1, -0.05) is 12.1 Å². The molecule has 0 fully saturated rings. The third-order valence-corrected chi connectivity index (χ3v) is 2.00. The van der Waals surface area contributed by atoms with Gasteiger partial charge in [0.2, 0.25) is 0 Å². The van der Waals surface area contributed by atoms with Crippen molar-refractivity contribution in [3.05, 3.63) is 36.0 Å². The number of aromatic amines is 1. The molecule has 0 amide bonds. The monoisotopic (exact) mass is 222 g/mol. The van der Waals surface area contributed by atoms with Crippen LogP contribution in [-0.4, -0.2) is 30.7 Å². The summed E-state index contributed by atoms with van der Waals surface area (Å²) in [5.74, 6) is -2.50. The third kappa shape index (κ3) is 1.95. The third-order valence-electron chi connectivity index (χ3n) is 2.00. The average Bonchev–Trinajstić information content (AvgIpc) is 2.70. The van der Waals surface area contributed by atoms with Crippen LogP contribution < -0.4 is 5.32 Å². The Morgan fingerprint density at radius 2 is 2.00 bits per heavy atom. The van der Waals surface area contributed by atoms with Crippen LogP contribution in [0.3, 0.4) is 0 Å². The fourth-order valence-corrected chi connectivity index (χ4v) is 1.28. The molecule has 16 heavy (non-hydrogen) atoms. The van der Waals surface area contributed by atoms with Crippen molar-refractivity contribution in [3.63, 3.8) is 0 Å². The van der Waals surface area contributed by atoms with E-state index in [9.17, 15) is 15.3 Å². The highest BCUT2D eigenvalue weighted by Crippen LogP contribution is 2.27. The Kier molecular flexibility index (Phi) is 2.47. The van der Waals surface area contributed by atoms with Gasteiger partial charge in [-0.15, -0.1) is 5.10 Å². The Labute approximate surface area is 90.4 Å². The number of nitrogens with zero attached hydrogens (tertiary/aromatic N) is 2. The zero-order valence-corrected chi connectivity index (χ0v) is 8.12. The molecule has 0 aliphatic rings. The van der Waals surface area contributed by atoms with E-state index in [0.717, 1.165) is 0 Å².